The standard InChI is InChI=1S/C9H11NO3/c1-6-4-7(9(12)10-13)2-3-8(6)5-11/h2-4,11,13H,5H2,1H3,(H,10,12). The largest absolute Gasteiger partial charge is 0.392 e. The molecule has 1 amide bonds. The Balaban J connectivity index is 3.02. The van der Waals surface area contributed by atoms with Crippen LogP contribution in [0.1, 0.15) is 21.5 Å². The lowest BCUT2D eigenvalue weighted by Gasteiger charge is -2.04. The summed E-state index contributed by atoms with van der Waals surface area (Å²) in [4.78, 5) is 10.9. The Morgan fingerprint density at radius 1 is 1.54 bits per heavy atom. The summed E-state index contributed by atoms with van der Waals surface area (Å²) in [5.41, 5.74) is 3.51. The van der Waals surface area contributed by atoms with Crippen LogP contribution in [-0.2, 0) is 6.61 Å². The van der Waals surface area contributed by atoms with E-state index in [0.29, 0.717) is 5.56 Å². The second-order valence-electron chi connectivity index (χ2n) is 2.74. The average Bonchev–Trinajstić information content (AvgIpc) is 2.16. The Bertz CT molecular complexity index is 323. The van der Waals surface area contributed by atoms with E-state index < -0.39 is 5.91 Å². The Morgan fingerprint density at radius 2 is 2.23 bits per heavy atom. The molecule has 0 bridgehead atoms. The van der Waals surface area contributed by atoms with Crippen LogP contribution in [-0.4, -0.2) is 16.2 Å². The molecule has 0 fully saturated rings. The van der Waals surface area contributed by atoms with E-state index in [9.17, 15) is 4.79 Å². The van der Waals surface area contributed by atoms with Crippen LogP contribution >= 0.6 is 0 Å². The van der Waals surface area contributed by atoms with E-state index in [0.717, 1.165) is 11.1 Å². The molecule has 4 heteroatoms. The molecule has 13 heavy (non-hydrogen) atoms. The third kappa shape index (κ3) is 2.05. The minimum Gasteiger partial charge on any atom is -0.392 e. The van der Waals surface area contributed by atoms with Crippen LogP contribution in [0.5, 0.6) is 0 Å². The Hall–Kier alpha value is -1.39. The number of hydroxylamine groups is 1. The molecule has 4 nitrogen and oxygen atoms in total. The number of aliphatic hydroxyl groups excluding tert-OH is 1. The first-order chi connectivity index (χ1) is 6.19. The second-order valence-corrected chi connectivity index (χ2v) is 2.74. The summed E-state index contributed by atoms with van der Waals surface area (Å²) in [6.45, 7) is 1.74. The normalized spacial score (nSPS) is 9.77. The number of rotatable bonds is 2. The molecule has 0 radical (unpaired) electrons. The minimum atomic E-state index is -0.549. The summed E-state index contributed by atoms with van der Waals surface area (Å²) in [6.07, 6.45) is 0. The third-order valence-corrected chi connectivity index (χ3v) is 1.88. The fraction of sp³-hybridized carbons (Fsp3) is 0.222. The topological polar surface area (TPSA) is 69.6 Å². The van der Waals surface area contributed by atoms with Crippen molar-refractivity contribution in [1.82, 2.24) is 5.48 Å². The maximum absolute atomic E-state index is 10.9. The number of benzene rings is 1. The van der Waals surface area contributed by atoms with Gasteiger partial charge in [0, 0.05) is 5.56 Å². The van der Waals surface area contributed by atoms with Crippen molar-refractivity contribution in [3.05, 3.63) is 34.9 Å². The summed E-state index contributed by atoms with van der Waals surface area (Å²) >= 11 is 0. The summed E-state index contributed by atoms with van der Waals surface area (Å²) in [5.74, 6) is -0.549. The van der Waals surface area contributed by atoms with Gasteiger partial charge in [-0.3, -0.25) is 10.0 Å². The van der Waals surface area contributed by atoms with E-state index in [1.165, 1.54) is 0 Å². The molecule has 0 atom stereocenters. The number of aliphatic hydroxyl groups is 1. The van der Waals surface area contributed by atoms with Crippen LogP contribution in [0.4, 0.5) is 0 Å². The molecular weight excluding hydrogens is 170 g/mol. The van der Waals surface area contributed by atoms with Crippen molar-refractivity contribution in [1.29, 1.82) is 0 Å². The van der Waals surface area contributed by atoms with Crippen LogP contribution < -0.4 is 5.48 Å². The lowest BCUT2D eigenvalue weighted by Crippen LogP contribution is -2.18. The zero-order valence-electron chi connectivity index (χ0n) is 7.24. The molecular formula is C9H11NO3. The van der Waals surface area contributed by atoms with Crippen LogP contribution in [0.2, 0.25) is 0 Å². The molecule has 0 spiro atoms. The van der Waals surface area contributed by atoms with Gasteiger partial charge in [0.05, 0.1) is 6.61 Å². The van der Waals surface area contributed by atoms with Crippen molar-refractivity contribution in [2.75, 3.05) is 0 Å². The van der Waals surface area contributed by atoms with Gasteiger partial charge in [0.1, 0.15) is 0 Å². The van der Waals surface area contributed by atoms with E-state index in [-0.39, 0.29) is 6.61 Å². The Kier molecular flexibility index (Phi) is 3.00. The van der Waals surface area contributed by atoms with Gasteiger partial charge in [-0.15, -0.1) is 0 Å². The monoisotopic (exact) mass is 181 g/mol. The Morgan fingerprint density at radius 3 is 2.69 bits per heavy atom. The molecule has 0 unspecified atom stereocenters. The fourth-order valence-corrected chi connectivity index (χ4v) is 1.08. The highest BCUT2D eigenvalue weighted by atomic mass is 16.5. The van der Waals surface area contributed by atoms with Crippen molar-refractivity contribution in [2.24, 2.45) is 0 Å². The highest BCUT2D eigenvalue weighted by Gasteiger charge is 2.05. The number of carbonyl (C=O) groups excluding carboxylic acids is 1. The Labute approximate surface area is 75.8 Å². The predicted molar refractivity (Wildman–Crippen MR) is 46.4 cm³/mol. The SMILES string of the molecule is Cc1cc(C(=O)NO)ccc1CO. The fourth-order valence-electron chi connectivity index (χ4n) is 1.08. The van der Waals surface area contributed by atoms with Crippen LogP contribution in [0, 0.1) is 6.92 Å². The lowest BCUT2D eigenvalue weighted by atomic mass is 10.1. The third-order valence-electron chi connectivity index (χ3n) is 1.88. The van der Waals surface area contributed by atoms with Gasteiger partial charge in [-0.1, -0.05) is 6.07 Å². The number of carbonyl (C=O) groups is 1. The molecule has 0 saturated heterocycles. The lowest BCUT2D eigenvalue weighted by molar-refractivity contribution is 0.0706. The molecule has 70 valence electrons. The van der Waals surface area contributed by atoms with Gasteiger partial charge in [0.15, 0.2) is 0 Å². The molecule has 0 heterocycles. The van der Waals surface area contributed by atoms with E-state index in [2.05, 4.69) is 0 Å². The van der Waals surface area contributed by atoms with E-state index in [4.69, 9.17) is 10.3 Å². The van der Waals surface area contributed by atoms with Crippen molar-refractivity contribution in [3.8, 4) is 0 Å². The summed E-state index contributed by atoms with van der Waals surface area (Å²) in [6, 6.07) is 4.81. The maximum atomic E-state index is 10.9. The van der Waals surface area contributed by atoms with Crippen LogP contribution in [0.3, 0.4) is 0 Å². The van der Waals surface area contributed by atoms with Gasteiger partial charge in [0.25, 0.3) is 5.91 Å². The van der Waals surface area contributed by atoms with Crippen LogP contribution in [0.25, 0.3) is 0 Å². The molecule has 0 aromatic heterocycles. The van der Waals surface area contributed by atoms with Crippen molar-refractivity contribution in [3.63, 3.8) is 0 Å². The van der Waals surface area contributed by atoms with Gasteiger partial charge < -0.3 is 5.11 Å². The van der Waals surface area contributed by atoms with E-state index in [1.54, 1.807) is 30.6 Å². The zero-order valence-corrected chi connectivity index (χ0v) is 7.24. The minimum absolute atomic E-state index is 0.0488. The number of aryl methyl sites for hydroxylation is 1. The number of hydrogen-bond donors (Lipinski definition) is 3. The molecule has 0 saturated carbocycles. The first kappa shape index (κ1) is 9.70. The van der Waals surface area contributed by atoms with Crippen molar-refractivity contribution in [2.45, 2.75) is 13.5 Å². The maximum Gasteiger partial charge on any atom is 0.274 e. The summed E-state index contributed by atoms with van der Waals surface area (Å²) < 4.78 is 0. The van der Waals surface area contributed by atoms with Gasteiger partial charge in [0.2, 0.25) is 0 Å². The van der Waals surface area contributed by atoms with Gasteiger partial charge in [-0.2, -0.15) is 0 Å². The highest BCUT2D eigenvalue weighted by Crippen LogP contribution is 2.10. The predicted octanol–water partition coefficient (Wildman–Crippen LogP) is 0.606. The van der Waals surface area contributed by atoms with E-state index >= 15 is 0 Å². The molecule has 0 aliphatic rings. The van der Waals surface area contributed by atoms with Gasteiger partial charge in [-0.05, 0) is 30.2 Å². The second kappa shape index (κ2) is 4.02. The van der Waals surface area contributed by atoms with E-state index in [1.807, 2.05) is 0 Å². The molecule has 0 aliphatic carbocycles. The molecule has 0 aliphatic heterocycles. The number of nitrogens with one attached hydrogen (secondary N) is 1. The average molecular weight is 181 g/mol. The first-order valence-electron chi connectivity index (χ1n) is 3.84. The van der Waals surface area contributed by atoms with Gasteiger partial charge >= 0.3 is 0 Å². The summed E-state index contributed by atoms with van der Waals surface area (Å²) in [5, 5.41) is 17.2. The quantitative estimate of drug-likeness (QED) is 0.462. The zero-order chi connectivity index (χ0) is 9.84. The molecule has 1 aromatic carbocycles. The summed E-state index contributed by atoms with van der Waals surface area (Å²) in [7, 11) is 0. The number of hydrogen-bond acceptors (Lipinski definition) is 3. The smallest absolute Gasteiger partial charge is 0.274 e. The van der Waals surface area contributed by atoms with Crippen LogP contribution in [0.15, 0.2) is 18.2 Å². The highest BCUT2D eigenvalue weighted by molar-refractivity contribution is 5.93. The van der Waals surface area contributed by atoms with Gasteiger partial charge in [-0.25, -0.2) is 5.48 Å². The van der Waals surface area contributed by atoms with Crippen molar-refractivity contribution >= 4 is 5.91 Å². The molecule has 1 aromatic rings. The van der Waals surface area contributed by atoms with Crippen molar-refractivity contribution < 1.29 is 15.1 Å². The molecule has 1 rings (SSSR count). The first-order valence-corrected chi connectivity index (χ1v) is 3.84. The number of amides is 1. The molecule has 3 N–H and O–H groups in total.